The number of benzene rings is 3. The first-order valence-electron chi connectivity index (χ1n) is 12.7. The Kier molecular flexibility index (Phi) is 10.2. The number of methoxy groups -OCH3 is 1. The van der Waals surface area contributed by atoms with Crippen molar-refractivity contribution in [3.8, 4) is 0 Å². The van der Waals surface area contributed by atoms with Gasteiger partial charge in [-0.15, -0.1) is 0 Å². The standard InChI is InChI=1S/C30H34N4O5/c1-19(2)17-26(28(36)31-23-15-11-22(12-16-23)29(37)39-4)33-27(35)18-21-9-13-24(14-10-21)32-30(38)34-25-8-6-5-7-20(25)3/h5-16,19,26H,17-18H2,1-4H3,(H,31,36)(H,33,35)(H2,32,34,38)/t26-/m0/s1. The van der Waals surface area contributed by atoms with Gasteiger partial charge in [0.1, 0.15) is 6.04 Å². The third-order valence-corrected chi connectivity index (χ3v) is 5.90. The summed E-state index contributed by atoms with van der Waals surface area (Å²) in [7, 11) is 1.30. The highest BCUT2D eigenvalue weighted by Crippen LogP contribution is 2.16. The zero-order valence-electron chi connectivity index (χ0n) is 22.5. The molecule has 0 aliphatic carbocycles. The van der Waals surface area contributed by atoms with Crippen LogP contribution in [-0.2, 0) is 20.7 Å². The number of aryl methyl sites for hydroxylation is 1. The summed E-state index contributed by atoms with van der Waals surface area (Å²) < 4.78 is 4.69. The van der Waals surface area contributed by atoms with Crippen molar-refractivity contribution in [1.82, 2.24) is 5.32 Å². The second-order valence-electron chi connectivity index (χ2n) is 9.58. The summed E-state index contributed by atoms with van der Waals surface area (Å²) in [6, 6.07) is 19.7. The SMILES string of the molecule is COC(=O)c1ccc(NC(=O)[C@H](CC(C)C)NC(=O)Cc2ccc(NC(=O)Nc3ccccc3C)cc2)cc1. The fourth-order valence-electron chi connectivity index (χ4n) is 3.87. The number of hydrogen-bond donors (Lipinski definition) is 4. The van der Waals surface area contributed by atoms with E-state index in [0.29, 0.717) is 23.4 Å². The monoisotopic (exact) mass is 530 g/mol. The number of hydrogen-bond acceptors (Lipinski definition) is 5. The lowest BCUT2D eigenvalue weighted by molar-refractivity contribution is -0.126. The summed E-state index contributed by atoms with van der Waals surface area (Å²) in [4.78, 5) is 49.7. The predicted octanol–water partition coefficient (Wildman–Crippen LogP) is 5.14. The van der Waals surface area contributed by atoms with Gasteiger partial charge in [0.15, 0.2) is 0 Å². The van der Waals surface area contributed by atoms with Crippen LogP contribution in [0.25, 0.3) is 0 Å². The largest absolute Gasteiger partial charge is 0.465 e. The Morgan fingerprint density at radius 1 is 0.795 bits per heavy atom. The van der Waals surface area contributed by atoms with Crippen LogP contribution in [0, 0.1) is 12.8 Å². The van der Waals surface area contributed by atoms with Crippen LogP contribution in [0.1, 0.15) is 41.8 Å². The molecule has 0 bridgehead atoms. The zero-order valence-corrected chi connectivity index (χ0v) is 22.5. The highest BCUT2D eigenvalue weighted by atomic mass is 16.5. The molecule has 39 heavy (non-hydrogen) atoms. The molecule has 204 valence electrons. The first kappa shape index (κ1) is 28.9. The minimum absolute atomic E-state index is 0.0748. The van der Waals surface area contributed by atoms with Crippen molar-refractivity contribution in [3.63, 3.8) is 0 Å². The fraction of sp³-hybridized carbons (Fsp3) is 0.267. The lowest BCUT2D eigenvalue weighted by Crippen LogP contribution is -2.45. The van der Waals surface area contributed by atoms with Gasteiger partial charge in [0.25, 0.3) is 0 Å². The van der Waals surface area contributed by atoms with Crippen LogP contribution in [0.15, 0.2) is 72.8 Å². The van der Waals surface area contributed by atoms with Crippen molar-refractivity contribution in [2.45, 2.75) is 39.7 Å². The van der Waals surface area contributed by atoms with Crippen LogP contribution in [0.5, 0.6) is 0 Å². The van der Waals surface area contributed by atoms with Crippen LogP contribution < -0.4 is 21.3 Å². The summed E-state index contributed by atoms with van der Waals surface area (Å²) >= 11 is 0. The Morgan fingerprint density at radius 2 is 1.41 bits per heavy atom. The highest BCUT2D eigenvalue weighted by Gasteiger charge is 2.22. The molecule has 0 radical (unpaired) electrons. The fourth-order valence-corrected chi connectivity index (χ4v) is 3.87. The number of rotatable bonds is 10. The van der Waals surface area contributed by atoms with E-state index >= 15 is 0 Å². The molecule has 0 saturated heterocycles. The van der Waals surface area contributed by atoms with Gasteiger partial charge in [-0.05, 0) is 72.9 Å². The quantitative estimate of drug-likeness (QED) is 0.270. The Morgan fingerprint density at radius 3 is 2.03 bits per heavy atom. The number of urea groups is 1. The number of carbonyl (C=O) groups is 4. The van der Waals surface area contributed by atoms with Gasteiger partial charge in [-0.3, -0.25) is 9.59 Å². The molecule has 3 rings (SSSR count). The molecular formula is C30H34N4O5. The first-order valence-corrected chi connectivity index (χ1v) is 12.7. The van der Waals surface area contributed by atoms with Crippen LogP contribution in [-0.4, -0.2) is 37.0 Å². The third-order valence-electron chi connectivity index (χ3n) is 5.90. The van der Waals surface area contributed by atoms with Gasteiger partial charge >= 0.3 is 12.0 Å². The summed E-state index contributed by atoms with van der Waals surface area (Å²) in [6.07, 6.45) is 0.530. The van der Waals surface area contributed by atoms with E-state index < -0.39 is 12.0 Å². The molecule has 3 aromatic carbocycles. The van der Waals surface area contributed by atoms with E-state index in [2.05, 4.69) is 26.0 Å². The molecule has 4 amide bonds. The van der Waals surface area contributed by atoms with Crippen molar-refractivity contribution in [2.75, 3.05) is 23.1 Å². The number of esters is 1. The molecule has 0 unspecified atom stereocenters. The summed E-state index contributed by atoms with van der Waals surface area (Å²) in [6.45, 7) is 5.85. The second-order valence-corrected chi connectivity index (χ2v) is 9.58. The number of nitrogens with one attached hydrogen (secondary N) is 4. The summed E-state index contributed by atoms with van der Waals surface area (Å²) in [5, 5.41) is 11.2. The van der Waals surface area contributed by atoms with Gasteiger partial charge in [0.05, 0.1) is 19.1 Å². The minimum atomic E-state index is -0.733. The molecule has 0 saturated carbocycles. The van der Waals surface area contributed by atoms with Crippen LogP contribution in [0.2, 0.25) is 0 Å². The average Bonchev–Trinajstić information content (AvgIpc) is 2.90. The Hall–Kier alpha value is -4.66. The maximum Gasteiger partial charge on any atom is 0.337 e. The number of carbonyl (C=O) groups excluding carboxylic acids is 4. The van der Waals surface area contributed by atoms with Gasteiger partial charge in [0.2, 0.25) is 11.8 Å². The molecule has 0 aliphatic heterocycles. The number of para-hydroxylation sites is 1. The van der Waals surface area contributed by atoms with Gasteiger partial charge in [0, 0.05) is 17.1 Å². The van der Waals surface area contributed by atoms with Crippen molar-refractivity contribution in [1.29, 1.82) is 0 Å². The van der Waals surface area contributed by atoms with E-state index in [1.165, 1.54) is 7.11 Å². The second kappa shape index (κ2) is 13.8. The molecule has 9 nitrogen and oxygen atoms in total. The minimum Gasteiger partial charge on any atom is -0.465 e. The molecule has 0 fully saturated rings. The number of amides is 4. The van der Waals surface area contributed by atoms with Gasteiger partial charge in [-0.2, -0.15) is 0 Å². The smallest absolute Gasteiger partial charge is 0.337 e. The highest BCUT2D eigenvalue weighted by molar-refractivity contribution is 6.00. The first-order chi connectivity index (χ1) is 18.6. The molecule has 4 N–H and O–H groups in total. The summed E-state index contributed by atoms with van der Waals surface area (Å²) in [5.41, 5.74) is 3.87. The van der Waals surface area contributed by atoms with E-state index in [-0.39, 0.29) is 30.2 Å². The van der Waals surface area contributed by atoms with Crippen molar-refractivity contribution in [3.05, 3.63) is 89.5 Å². The molecule has 3 aromatic rings. The molecule has 0 spiro atoms. The molecule has 9 heteroatoms. The zero-order chi connectivity index (χ0) is 28.4. The van der Waals surface area contributed by atoms with E-state index in [1.54, 1.807) is 48.5 Å². The third kappa shape index (κ3) is 8.99. The van der Waals surface area contributed by atoms with E-state index in [4.69, 9.17) is 0 Å². The molecule has 0 aromatic heterocycles. The van der Waals surface area contributed by atoms with Crippen LogP contribution in [0.4, 0.5) is 21.9 Å². The van der Waals surface area contributed by atoms with Gasteiger partial charge < -0.3 is 26.0 Å². The summed E-state index contributed by atoms with van der Waals surface area (Å²) in [5.74, 6) is -0.942. The molecule has 0 heterocycles. The Balaban J connectivity index is 1.55. The lowest BCUT2D eigenvalue weighted by Gasteiger charge is -2.20. The normalized spacial score (nSPS) is 11.3. The molecular weight excluding hydrogens is 496 g/mol. The lowest BCUT2D eigenvalue weighted by atomic mass is 10.0. The van der Waals surface area contributed by atoms with Crippen molar-refractivity contribution in [2.24, 2.45) is 5.92 Å². The molecule has 1 atom stereocenters. The van der Waals surface area contributed by atoms with Crippen LogP contribution >= 0.6 is 0 Å². The topological polar surface area (TPSA) is 126 Å². The maximum atomic E-state index is 12.9. The van der Waals surface area contributed by atoms with Gasteiger partial charge in [-0.1, -0.05) is 44.2 Å². The van der Waals surface area contributed by atoms with E-state index in [9.17, 15) is 19.2 Å². The predicted molar refractivity (Wildman–Crippen MR) is 152 cm³/mol. The Labute approximate surface area is 228 Å². The van der Waals surface area contributed by atoms with Crippen LogP contribution in [0.3, 0.4) is 0 Å². The van der Waals surface area contributed by atoms with E-state index in [1.807, 2.05) is 45.0 Å². The average molecular weight is 531 g/mol. The van der Waals surface area contributed by atoms with Gasteiger partial charge in [-0.25, -0.2) is 9.59 Å². The van der Waals surface area contributed by atoms with Crippen molar-refractivity contribution < 1.29 is 23.9 Å². The molecule has 0 aliphatic rings. The van der Waals surface area contributed by atoms with Crippen molar-refractivity contribution >= 4 is 40.9 Å². The van der Waals surface area contributed by atoms with E-state index in [0.717, 1.165) is 16.8 Å². The maximum absolute atomic E-state index is 12.9. The number of anilines is 3. The number of ether oxygens (including phenoxy) is 1. The Bertz CT molecular complexity index is 1300.